The van der Waals surface area contributed by atoms with Gasteiger partial charge in [0.2, 0.25) is 5.91 Å². The fourth-order valence-electron chi connectivity index (χ4n) is 3.52. The number of hydrogen-bond acceptors (Lipinski definition) is 3. The van der Waals surface area contributed by atoms with Crippen LogP contribution < -0.4 is 5.32 Å². The quantitative estimate of drug-likeness (QED) is 0.877. The molecule has 2 aromatic rings. The molecular formula is C21H27N3O. The molecule has 0 aliphatic carbocycles. The van der Waals surface area contributed by atoms with Crippen molar-refractivity contribution in [2.45, 2.75) is 38.1 Å². The van der Waals surface area contributed by atoms with Crippen LogP contribution in [0.3, 0.4) is 0 Å². The molecule has 1 aromatic heterocycles. The molecule has 0 unspecified atom stereocenters. The second-order valence-corrected chi connectivity index (χ2v) is 6.85. The molecule has 0 bridgehead atoms. The van der Waals surface area contributed by atoms with Crippen LogP contribution in [-0.2, 0) is 4.79 Å². The second-order valence-electron chi connectivity index (χ2n) is 6.85. The molecule has 3 rings (SSSR count). The zero-order chi connectivity index (χ0) is 17.5. The van der Waals surface area contributed by atoms with Crippen LogP contribution in [-0.4, -0.2) is 35.4 Å². The summed E-state index contributed by atoms with van der Waals surface area (Å²) in [6, 6.07) is 14.4. The number of benzene rings is 1. The summed E-state index contributed by atoms with van der Waals surface area (Å²) in [4.78, 5) is 18.7. The molecule has 0 saturated carbocycles. The Hall–Kier alpha value is -2.20. The monoisotopic (exact) mass is 337 g/mol. The van der Waals surface area contributed by atoms with E-state index in [1.807, 2.05) is 37.5 Å². The molecular weight excluding hydrogens is 310 g/mol. The highest BCUT2D eigenvalue weighted by Gasteiger charge is 2.21. The Balaban J connectivity index is 1.39. The highest BCUT2D eigenvalue weighted by Crippen LogP contribution is 2.27. The average molecular weight is 337 g/mol. The lowest BCUT2D eigenvalue weighted by atomic mass is 9.90. The first kappa shape index (κ1) is 17.6. The number of pyridine rings is 1. The van der Waals surface area contributed by atoms with Gasteiger partial charge in [0.15, 0.2) is 0 Å². The minimum absolute atomic E-state index is 0.0612. The van der Waals surface area contributed by atoms with Crippen LogP contribution >= 0.6 is 0 Å². The van der Waals surface area contributed by atoms with Crippen LogP contribution in [0.25, 0.3) is 0 Å². The average Bonchev–Trinajstić information content (AvgIpc) is 2.68. The highest BCUT2D eigenvalue weighted by atomic mass is 16.1. The van der Waals surface area contributed by atoms with Crippen LogP contribution in [0.5, 0.6) is 0 Å². The Bertz CT molecular complexity index is 651. The second kappa shape index (κ2) is 8.77. The maximum absolute atomic E-state index is 12.2. The number of aromatic nitrogens is 1. The number of rotatable bonds is 6. The first-order chi connectivity index (χ1) is 12.2. The predicted molar refractivity (Wildman–Crippen MR) is 100 cm³/mol. The van der Waals surface area contributed by atoms with E-state index < -0.39 is 0 Å². The zero-order valence-corrected chi connectivity index (χ0v) is 14.9. The predicted octanol–water partition coefficient (Wildman–Crippen LogP) is 3.53. The molecule has 1 aromatic carbocycles. The van der Waals surface area contributed by atoms with Gasteiger partial charge in [-0.15, -0.1) is 0 Å². The Morgan fingerprint density at radius 1 is 1.16 bits per heavy atom. The number of likely N-dealkylation sites (tertiary alicyclic amines) is 1. The van der Waals surface area contributed by atoms with Crippen molar-refractivity contribution in [2.75, 3.05) is 19.6 Å². The summed E-state index contributed by atoms with van der Waals surface area (Å²) >= 11 is 0. The first-order valence-electron chi connectivity index (χ1n) is 9.19. The van der Waals surface area contributed by atoms with Crippen LogP contribution in [0, 0.1) is 0 Å². The fourth-order valence-corrected chi connectivity index (χ4v) is 3.52. The van der Waals surface area contributed by atoms with Gasteiger partial charge in [-0.1, -0.05) is 30.3 Å². The summed E-state index contributed by atoms with van der Waals surface area (Å²) in [5.74, 6) is 0.763. The molecule has 25 heavy (non-hydrogen) atoms. The molecule has 1 fully saturated rings. The first-order valence-corrected chi connectivity index (χ1v) is 9.19. The molecule has 4 heteroatoms. The van der Waals surface area contributed by atoms with Crippen molar-refractivity contribution in [2.24, 2.45) is 0 Å². The summed E-state index contributed by atoms with van der Waals surface area (Å²) in [5.41, 5.74) is 2.54. The molecule has 1 saturated heterocycles. The molecule has 1 atom stereocenters. The van der Waals surface area contributed by atoms with Gasteiger partial charge < -0.3 is 10.2 Å². The smallest absolute Gasteiger partial charge is 0.221 e. The number of carbonyl (C=O) groups is 1. The molecule has 1 aliphatic rings. The third-order valence-corrected chi connectivity index (χ3v) is 5.10. The summed E-state index contributed by atoms with van der Waals surface area (Å²) in [7, 11) is 0. The summed E-state index contributed by atoms with van der Waals surface area (Å²) in [5, 5.41) is 3.10. The lowest BCUT2D eigenvalue weighted by Gasteiger charge is -2.32. The molecule has 2 heterocycles. The summed E-state index contributed by atoms with van der Waals surface area (Å²) in [6.45, 7) is 5.01. The van der Waals surface area contributed by atoms with E-state index in [0.717, 1.165) is 38.0 Å². The van der Waals surface area contributed by atoms with Crippen molar-refractivity contribution >= 4 is 5.91 Å². The van der Waals surface area contributed by atoms with Crippen molar-refractivity contribution in [3.8, 4) is 0 Å². The van der Waals surface area contributed by atoms with Crippen LogP contribution in [0.1, 0.15) is 49.3 Å². The van der Waals surface area contributed by atoms with E-state index in [1.165, 1.54) is 5.56 Å². The van der Waals surface area contributed by atoms with Crippen LogP contribution in [0.4, 0.5) is 0 Å². The Labute approximate surface area is 150 Å². The Morgan fingerprint density at radius 2 is 1.84 bits per heavy atom. The van der Waals surface area contributed by atoms with Gasteiger partial charge in [-0.2, -0.15) is 0 Å². The summed E-state index contributed by atoms with van der Waals surface area (Å²) in [6.07, 6.45) is 6.63. The SMILES string of the molecule is C[C@H](NC(=O)CCN1CCC(c2ccncc2)CC1)c1ccccc1. The lowest BCUT2D eigenvalue weighted by Crippen LogP contribution is -2.36. The van der Waals surface area contributed by atoms with Crippen LogP contribution in [0.15, 0.2) is 54.9 Å². The zero-order valence-electron chi connectivity index (χ0n) is 14.9. The molecule has 1 amide bonds. The van der Waals surface area contributed by atoms with E-state index in [1.54, 1.807) is 0 Å². The van der Waals surface area contributed by atoms with Crippen molar-refractivity contribution in [1.29, 1.82) is 0 Å². The third-order valence-electron chi connectivity index (χ3n) is 5.10. The van der Waals surface area contributed by atoms with Gasteiger partial charge >= 0.3 is 0 Å². The number of hydrogen-bond donors (Lipinski definition) is 1. The van der Waals surface area contributed by atoms with Gasteiger partial charge in [0.05, 0.1) is 6.04 Å². The fraction of sp³-hybridized carbons (Fsp3) is 0.429. The number of piperidine rings is 1. The maximum atomic E-state index is 12.2. The normalized spacial score (nSPS) is 17.2. The van der Waals surface area contributed by atoms with Gasteiger partial charge in [-0.05, 0) is 62.0 Å². The standard InChI is InChI=1S/C21H27N3O/c1-17(18-5-3-2-4-6-18)23-21(25)11-16-24-14-9-20(10-15-24)19-7-12-22-13-8-19/h2-8,12-13,17,20H,9-11,14-16H2,1H3,(H,23,25)/t17-/m0/s1. The number of amides is 1. The van der Waals surface area contributed by atoms with E-state index in [4.69, 9.17) is 0 Å². The van der Waals surface area contributed by atoms with Crippen LogP contribution in [0.2, 0.25) is 0 Å². The van der Waals surface area contributed by atoms with Crippen molar-refractivity contribution < 1.29 is 4.79 Å². The Kier molecular flexibility index (Phi) is 6.18. The molecule has 0 spiro atoms. The number of carbonyl (C=O) groups excluding carboxylic acids is 1. The van der Waals surface area contributed by atoms with E-state index in [9.17, 15) is 4.79 Å². The van der Waals surface area contributed by atoms with Gasteiger partial charge in [0, 0.05) is 25.4 Å². The summed E-state index contributed by atoms with van der Waals surface area (Å²) < 4.78 is 0. The van der Waals surface area contributed by atoms with Gasteiger partial charge in [-0.25, -0.2) is 0 Å². The number of nitrogens with zero attached hydrogens (tertiary/aromatic N) is 2. The van der Waals surface area contributed by atoms with Gasteiger partial charge in [0.1, 0.15) is 0 Å². The molecule has 4 nitrogen and oxygen atoms in total. The molecule has 1 N–H and O–H groups in total. The number of nitrogens with one attached hydrogen (secondary N) is 1. The Morgan fingerprint density at radius 3 is 2.52 bits per heavy atom. The van der Waals surface area contributed by atoms with Crippen molar-refractivity contribution in [1.82, 2.24) is 15.2 Å². The van der Waals surface area contributed by atoms with E-state index in [-0.39, 0.29) is 11.9 Å². The van der Waals surface area contributed by atoms with E-state index in [2.05, 4.69) is 39.5 Å². The van der Waals surface area contributed by atoms with E-state index in [0.29, 0.717) is 12.3 Å². The molecule has 132 valence electrons. The minimum Gasteiger partial charge on any atom is -0.350 e. The van der Waals surface area contributed by atoms with E-state index >= 15 is 0 Å². The minimum atomic E-state index is 0.0612. The van der Waals surface area contributed by atoms with Gasteiger partial charge in [-0.3, -0.25) is 9.78 Å². The lowest BCUT2D eigenvalue weighted by molar-refractivity contribution is -0.122. The topological polar surface area (TPSA) is 45.2 Å². The molecule has 1 aliphatic heterocycles. The molecule has 0 radical (unpaired) electrons. The van der Waals surface area contributed by atoms with Crippen molar-refractivity contribution in [3.63, 3.8) is 0 Å². The van der Waals surface area contributed by atoms with Crippen molar-refractivity contribution in [3.05, 3.63) is 66.0 Å². The highest BCUT2D eigenvalue weighted by molar-refractivity contribution is 5.76. The largest absolute Gasteiger partial charge is 0.350 e. The maximum Gasteiger partial charge on any atom is 0.221 e. The third kappa shape index (κ3) is 5.13. The van der Waals surface area contributed by atoms with Gasteiger partial charge in [0.25, 0.3) is 0 Å².